The molecule has 6 rings (SSSR count). The van der Waals surface area contributed by atoms with E-state index in [1.165, 1.54) is 0 Å². The van der Waals surface area contributed by atoms with Crippen molar-refractivity contribution in [2.24, 2.45) is 13.0 Å². The number of carbonyl (C=O) groups excluding carboxylic acids is 3. The number of aromatic nitrogens is 4. The molecule has 11 nitrogen and oxygen atoms in total. The second kappa shape index (κ2) is 12.6. The maximum Gasteiger partial charge on any atom is 0.291 e. The van der Waals surface area contributed by atoms with Crippen LogP contribution in [0.15, 0.2) is 48.8 Å². The fourth-order valence-electron chi connectivity index (χ4n) is 5.98. The van der Waals surface area contributed by atoms with Gasteiger partial charge in [0.05, 0.1) is 28.2 Å². The molecule has 2 aliphatic heterocycles. The van der Waals surface area contributed by atoms with Crippen LogP contribution in [0.3, 0.4) is 0 Å². The van der Waals surface area contributed by atoms with Crippen LogP contribution in [-0.4, -0.2) is 86.5 Å². The number of hydrogen-bond acceptors (Lipinski definition) is 6. The SMILES string of the molecule is Cn1c(-c2c[nH]nc2C2=CC=CCC2)cnc1C(=O)Nc1ccc(C(=O)N2CCN(C(=O)C3CCNCC3)CC2)c(Cl)c1. The summed E-state index contributed by atoms with van der Waals surface area (Å²) in [6, 6.07) is 4.86. The van der Waals surface area contributed by atoms with Gasteiger partial charge in [0.25, 0.3) is 11.8 Å². The van der Waals surface area contributed by atoms with Crippen molar-refractivity contribution in [2.45, 2.75) is 25.7 Å². The molecular formula is C31H35ClN8O3. The molecular weight excluding hydrogens is 568 g/mol. The van der Waals surface area contributed by atoms with Crippen LogP contribution in [0.25, 0.3) is 16.8 Å². The average Bonchev–Trinajstić information content (AvgIpc) is 3.68. The lowest BCUT2D eigenvalue weighted by Gasteiger charge is -2.37. The van der Waals surface area contributed by atoms with Gasteiger partial charge in [-0.2, -0.15) is 5.10 Å². The Morgan fingerprint density at radius 1 is 1.07 bits per heavy atom. The summed E-state index contributed by atoms with van der Waals surface area (Å²) in [5.74, 6) is -0.102. The van der Waals surface area contributed by atoms with Crippen LogP contribution in [0.1, 0.15) is 52.4 Å². The molecule has 43 heavy (non-hydrogen) atoms. The standard InChI is InChI=1S/C31H35ClN8O3/c1-38-26(24-18-35-37-27(24)20-5-3-2-4-6-20)19-34-28(38)29(41)36-22-7-8-23(25(32)17-22)31(43)40-15-13-39(14-16-40)30(42)21-9-11-33-12-10-21/h2-3,5,7-8,17-19,21,33H,4,6,9-16H2,1H3,(H,35,37)(H,36,41). The number of imidazole rings is 1. The lowest BCUT2D eigenvalue weighted by molar-refractivity contribution is -0.137. The van der Waals surface area contributed by atoms with Crippen molar-refractivity contribution in [3.63, 3.8) is 0 Å². The molecule has 2 aromatic heterocycles. The molecule has 2 fully saturated rings. The van der Waals surface area contributed by atoms with Crippen molar-refractivity contribution in [3.8, 4) is 11.3 Å². The summed E-state index contributed by atoms with van der Waals surface area (Å²) in [6.45, 7) is 3.68. The van der Waals surface area contributed by atoms with E-state index in [-0.39, 0.29) is 28.6 Å². The van der Waals surface area contributed by atoms with Crippen LogP contribution in [-0.2, 0) is 11.8 Å². The number of piperazine rings is 1. The lowest BCUT2D eigenvalue weighted by Crippen LogP contribution is -2.52. The molecule has 224 valence electrons. The van der Waals surface area contributed by atoms with Crippen molar-refractivity contribution in [1.82, 2.24) is 34.9 Å². The second-order valence-corrected chi connectivity index (χ2v) is 11.5. The summed E-state index contributed by atoms with van der Waals surface area (Å²) in [4.78, 5) is 47.3. The van der Waals surface area contributed by atoms with Gasteiger partial charge >= 0.3 is 0 Å². The van der Waals surface area contributed by atoms with Crippen molar-refractivity contribution in [2.75, 3.05) is 44.6 Å². The van der Waals surface area contributed by atoms with Crippen molar-refractivity contribution >= 4 is 40.6 Å². The maximum atomic E-state index is 13.3. The molecule has 3 aromatic rings. The first-order valence-corrected chi connectivity index (χ1v) is 15.1. The van der Waals surface area contributed by atoms with Crippen LogP contribution >= 0.6 is 11.6 Å². The number of rotatable bonds is 6. The predicted octanol–water partition coefficient (Wildman–Crippen LogP) is 3.73. The number of nitrogens with one attached hydrogen (secondary N) is 3. The Kier molecular flexibility index (Phi) is 8.44. The minimum Gasteiger partial charge on any atom is -0.339 e. The van der Waals surface area contributed by atoms with Gasteiger partial charge in [-0.3, -0.25) is 19.5 Å². The Bertz CT molecular complexity index is 1590. The van der Waals surface area contributed by atoms with E-state index >= 15 is 0 Å². The Morgan fingerprint density at radius 3 is 2.56 bits per heavy atom. The third-order valence-electron chi connectivity index (χ3n) is 8.45. The number of benzene rings is 1. The van der Waals surface area contributed by atoms with Gasteiger partial charge in [0.1, 0.15) is 0 Å². The molecule has 0 atom stereocenters. The lowest BCUT2D eigenvalue weighted by atomic mass is 9.96. The zero-order valence-electron chi connectivity index (χ0n) is 24.1. The second-order valence-electron chi connectivity index (χ2n) is 11.1. The number of nitrogens with zero attached hydrogens (tertiary/aromatic N) is 5. The zero-order valence-corrected chi connectivity index (χ0v) is 24.9. The molecule has 3 aliphatic rings. The first-order valence-electron chi connectivity index (χ1n) is 14.7. The van der Waals surface area contributed by atoms with Gasteiger partial charge in [-0.25, -0.2) is 4.98 Å². The summed E-state index contributed by atoms with van der Waals surface area (Å²) >= 11 is 6.54. The maximum absolute atomic E-state index is 13.3. The third-order valence-corrected chi connectivity index (χ3v) is 8.76. The van der Waals surface area contributed by atoms with Gasteiger partial charge in [0.15, 0.2) is 5.82 Å². The summed E-state index contributed by atoms with van der Waals surface area (Å²) in [5.41, 5.74) is 4.43. The molecule has 3 amide bonds. The number of aromatic amines is 1. The monoisotopic (exact) mass is 602 g/mol. The third kappa shape index (κ3) is 6.00. The van der Waals surface area contributed by atoms with Gasteiger partial charge in [0, 0.05) is 56.6 Å². The highest BCUT2D eigenvalue weighted by Crippen LogP contribution is 2.31. The highest BCUT2D eigenvalue weighted by Gasteiger charge is 2.30. The summed E-state index contributed by atoms with van der Waals surface area (Å²) in [6.07, 6.45) is 13.3. The molecule has 0 radical (unpaired) electrons. The van der Waals surface area contributed by atoms with Gasteiger partial charge in [-0.15, -0.1) is 0 Å². The Labute approximate surface area is 255 Å². The number of amides is 3. The Morgan fingerprint density at radius 2 is 1.84 bits per heavy atom. The summed E-state index contributed by atoms with van der Waals surface area (Å²) in [5, 5.41) is 13.8. The van der Waals surface area contributed by atoms with Gasteiger partial charge < -0.3 is 25.0 Å². The minimum absolute atomic E-state index is 0.0676. The van der Waals surface area contributed by atoms with Gasteiger partial charge in [-0.05, 0) is 62.5 Å². The molecule has 1 aliphatic carbocycles. The highest BCUT2D eigenvalue weighted by molar-refractivity contribution is 6.34. The van der Waals surface area contributed by atoms with Crippen molar-refractivity contribution < 1.29 is 14.4 Å². The number of carbonyl (C=O) groups is 3. The largest absolute Gasteiger partial charge is 0.339 e. The molecule has 1 aromatic carbocycles. The Balaban J connectivity index is 1.09. The first kappa shape index (κ1) is 28.9. The number of piperidine rings is 1. The van der Waals surface area contributed by atoms with Gasteiger partial charge in [-0.1, -0.05) is 29.8 Å². The van der Waals surface area contributed by atoms with Crippen LogP contribution in [0.2, 0.25) is 5.02 Å². The van der Waals surface area contributed by atoms with Crippen LogP contribution < -0.4 is 10.6 Å². The van der Waals surface area contributed by atoms with Crippen LogP contribution in [0.5, 0.6) is 0 Å². The number of halogens is 1. The normalized spacial score (nSPS) is 17.6. The fraction of sp³-hybridized carbons (Fsp3) is 0.387. The minimum atomic E-state index is -0.400. The molecule has 4 heterocycles. The van der Waals surface area contributed by atoms with Crippen LogP contribution in [0.4, 0.5) is 5.69 Å². The summed E-state index contributed by atoms with van der Waals surface area (Å²) < 4.78 is 1.73. The van der Waals surface area contributed by atoms with E-state index in [1.54, 1.807) is 40.9 Å². The fourth-order valence-corrected chi connectivity index (χ4v) is 6.24. The number of hydrogen-bond donors (Lipinski definition) is 3. The molecule has 0 bridgehead atoms. The number of H-pyrrole nitrogens is 1. The van der Waals surface area contributed by atoms with Crippen molar-refractivity contribution in [1.29, 1.82) is 0 Å². The van der Waals surface area contributed by atoms with Gasteiger partial charge in [0.2, 0.25) is 5.91 Å². The van der Waals surface area contributed by atoms with E-state index < -0.39 is 5.91 Å². The van der Waals surface area contributed by atoms with E-state index in [0.717, 1.165) is 61.3 Å². The molecule has 2 saturated heterocycles. The molecule has 0 spiro atoms. The molecule has 0 unspecified atom stereocenters. The van der Waals surface area contributed by atoms with Crippen LogP contribution in [0, 0.1) is 5.92 Å². The average molecular weight is 603 g/mol. The molecule has 3 N–H and O–H groups in total. The topological polar surface area (TPSA) is 128 Å². The van der Waals surface area contributed by atoms with E-state index in [4.69, 9.17) is 11.6 Å². The van der Waals surface area contributed by atoms with Crippen molar-refractivity contribution in [3.05, 3.63) is 70.9 Å². The highest BCUT2D eigenvalue weighted by atomic mass is 35.5. The van der Waals surface area contributed by atoms with E-state index in [1.807, 2.05) is 17.2 Å². The molecule has 0 saturated carbocycles. The Hall–Kier alpha value is -4.22. The quantitative estimate of drug-likeness (QED) is 0.394. The van der Waals surface area contributed by atoms with E-state index in [9.17, 15) is 14.4 Å². The van der Waals surface area contributed by atoms with E-state index in [0.29, 0.717) is 37.4 Å². The predicted molar refractivity (Wildman–Crippen MR) is 165 cm³/mol. The number of allylic oxidation sites excluding steroid dienone is 4. The smallest absolute Gasteiger partial charge is 0.291 e. The molecule has 12 heteroatoms. The number of anilines is 1. The van der Waals surface area contributed by atoms with E-state index in [2.05, 4.69) is 38.0 Å². The zero-order chi connectivity index (χ0) is 29.9. The first-order chi connectivity index (χ1) is 20.9. The summed E-state index contributed by atoms with van der Waals surface area (Å²) in [7, 11) is 1.79.